The van der Waals surface area contributed by atoms with Crippen LogP contribution in [0.3, 0.4) is 0 Å². The minimum atomic E-state index is -0.580. The van der Waals surface area contributed by atoms with E-state index in [2.05, 4.69) is 4.90 Å². The Balaban J connectivity index is 1.91. The van der Waals surface area contributed by atoms with E-state index in [1.165, 1.54) is 25.7 Å². The Morgan fingerprint density at radius 1 is 1.04 bits per heavy atom. The SMILES string of the molecule is O=C(CCF)N(c1ccccc1)C1CCCCCC1N1CCCC1. The lowest BCUT2D eigenvalue weighted by molar-refractivity contribution is -0.119. The van der Waals surface area contributed by atoms with Gasteiger partial charge in [-0.1, -0.05) is 37.5 Å². The van der Waals surface area contributed by atoms with Gasteiger partial charge < -0.3 is 4.90 Å². The Morgan fingerprint density at radius 2 is 1.75 bits per heavy atom. The third-order valence-corrected chi connectivity index (χ3v) is 5.50. The van der Waals surface area contributed by atoms with Crippen LogP contribution in [0.25, 0.3) is 0 Å². The molecule has 1 amide bonds. The van der Waals surface area contributed by atoms with Gasteiger partial charge in [-0.25, -0.2) is 0 Å². The summed E-state index contributed by atoms with van der Waals surface area (Å²) in [6.07, 6.45) is 8.29. The van der Waals surface area contributed by atoms with E-state index in [1.807, 2.05) is 35.2 Å². The lowest BCUT2D eigenvalue weighted by Crippen LogP contribution is -2.53. The zero-order chi connectivity index (χ0) is 16.8. The fraction of sp³-hybridized carbons (Fsp3) is 0.650. The van der Waals surface area contributed by atoms with Crippen LogP contribution in [-0.4, -0.2) is 42.7 Å². The van der Waals surface area contributed by atoms with Crippen molar-refractivity contribution in [2.24, 2.45) is 0 Å². The number of likely N-dealkylation sites (tertiary alicyclic amines) is 1. The molecule has 0 aromatic heterocycles. The first kappa shape index (κ1) is 17.4. The second kappa shape index (κ2) is 8.61. The Bertz CT molecular complexity index is 516. The summed E-state index contributed by atoms with van der Waals surface area (Å²) < 4.78 is 12.9. The Labute approximate surface area is 144 Å². The molecule has 132 valence electrons. The van der Waals surface area contributed by atoms with E-state index in [1.54, 1.807) is 0 Å². The van der Waals surface area contributed by atoms with Crippen molar-refractivity contribution in [3.05, 3.63) is 30.3 Å². The van der Waals surface area contributed by atoms with E-state index < -0.39 is 6.67 Å². The molecule has 1 aliphatic heterocycles. The van der Waals surface area contributed by atoms with E-state index in [-0.39, 0.29) is 18.4 Å². The number of para-hydroxylation sites is 1. The smallest absolute Gasteiger partial charge is 0.229 e. The number of amides is 1. The number of hydrogen-bond acceptors (Lipinski definition) is 2. The first-order valence-electron chi connectivity index (χ1n) is 9.48. The normalized spacial score (nSPS) is 25.4. The standard InChI is InChI=1S/C20H29FN2O/c21-14-13-20(24)23(17-9-3-1-4-10-17)19-12-6-2-5-11-18(19)22-15-7-8-16-22/h1,3-4,9-10,18-19H,2,5-8,11-16H2. The molecule has 1 heterocycles. The number of rotatable bonds is 5. The zero-order valence-corrected chi connectivity index (χ0v) is 14.5. The Hall–Kier alpha value is -1.42. The fourth-order valence-corrected chi connectivity index (χ4v) is 4.38. The topological polar surface area (TPSA) is 23.6 Å². The summed E-state index contributed by atoms with van der Waals surface area (Å²) in [5.41, 5.74) is 0.923. The summed E-state index contributed by atoms with van der Waals surface area (Å²) >= 11 is 0. The molecule has 1 saturated carbocycles. The van der Waals surface area contributed by atoms with Crippen molar-refractivity contribution in [3.8, 4) is 0 Å². The maximum Gasteiger partial charge on any atom is 0.229 e. The molecule has 1 aliphatic carbocycles. The zero-order valence-electron chi connectivity index (χ0n) is 14.5. The van der Waals surface area contributed by atoms with E-state index in [4.69, 9.17) is 0 Å². The minimum Gasteiger partial charge on any atom is -0.308 e. The number of carbonyl (C=O) groups excluding carboxylic acids is 1. The van der Waals surface area contributed by atoms with E-state index in [0.29, 0.717) is 6.04 Å². The molecule has 0 bridgehead atoms. The van der Waals surface area contributed by atoms with Crippen molar-refractivity contribution in [2.45, 2.75) is 63.5 Å². The van der Waals surface area contributed by atoms with Crippen LogP contribution < -0.4 is 4.90 Å². The average molecular weight is 332 g/mol. The molecule has 0 radical (unpaired) electrons. The van der Waals surface area contributed by atoms with Gasteiger partial charge in [-0.2, -0.15) is 0 Å². The molecular weight excluding hydrogens is 303 g/mol. The number of carbonyl (C=O) groups is 1. The molecule has 2 unspecified atom stereocenters. The number of hydrogen-bond donors (Lipinski definition) is 0. The van der Waals surface area contributed by atoms with Crippen LogP contribution in [0.2, 0.25) is 0 Å². The summed E-state index contributed by atoms with van der Waals surface area (Å²) in [6, 6.07) is 10.5. The summed E-state index contributed by atoms with van der Waals surface area (Å²) in [5, 5.41) is 0. The lowest BCUT2D eigenvalue weighted by atomic mass is 9.98. The van der Waals surface area contributed by atoms with Crippen molar-refractivity contribution in [2.75, 3.05) is 24.7 Å². The molecule has 4 heteroatoms. The molecule has 2 aliphatic rings. The number of alkyl halides is 1. The number of anilines is 1. The van der Waals surface area contributed by atoms with Crippen molar-refractivity contribution >= 4 is 11.6 Å². The van der Waals surface area contributed by atoms with Gasteiger partial charge in [0.1, 0.15) is 0 Å². The van der Waals surface area contributed by atoms with Gasteiger partial charge in [0.25, 0.3) is 0 Å². The largest absolute Gasteiger partial charge is 0.308 e. The molecule has 3 rings (SSSR count). The highest BCUT2D eigenvalue weighted by molar-refractivity contribution is 5.94. The van der Waals surface area contributed by atoms with E-state index in [9.17, 15) is 9.18 Å². The summed E-state index contributed by atoms with van der Waals surface area (Å²) in [4.78, 5) is 17.3. The molecule has 1 saturated heterocycles. The second-order valence-electron chi connectivity index (χ2n) is 7.05. The summed E-state index contributed by atoms with van der Waals surface area (Å²) in [5.74, 6) is -0.0696. The second-order valence-corrected chi connectivity index (χ2v) is 7.05. The van der Waals surface area contributed by atoms with Gasteiger partial charge in [-0.15, -0.1) is 0 Å². The predicted molar refractivity (Wildman–Crippen MR) is 96.0 cm³/mol. The van der Waals surface area contributed by atoms with E-state index >= 15 is 0 Å². The van der Waals surface area contributed by atoms with Crippen LogP contribution in [0.4, 0.5) is 10.1 Å². The van der Waals surface area contributed by atoms with Crippen LogP contribution in [0.15, 0.2) is 30.3 Å². The van der Waals surface area contributed by atoms with Crippen molar-refractivity contribution < 1.29 is 9.18 Å². The molecule has 24 heavy (non-hydrogen) atoms. The number of benzene rings is 1. The molecule has 1 aromatic carbocycles. The average Bonchev–Trinajstić information content (AvgIpc) is 3.03. The van der Waals surface area contributed by atoms with Crippen LogP contribution in [-0.2, 0) is 4.79 Å². The maximum absolute atomic E-state index is 12.9. The van der Waals surface area contributed by atoms with Gasteiger partial charge in [0.05, 0.1) is 19.1 Å². The quantitative estimate of drug-likeness (QED) is 0.755. The minimum absolute atomic E-state index is 0.0158. The molecule has 2 fully saturated rings. The first-order chi connectivity index (χ1) is 11.8. The lowest BCUT2D eigenvalue weighted by Gasteiger charge is -2.40. The molecule has 2 atom stereocenters. The van der Waals surface area contributed by atoms with Gasteiger partial charge in [0.15, 0.2) is 0 Å². The van der Waals surface area contributed by atoms with Crippen LogP contribution >= 0.6 is 0 Å². The molecule has 1 aromatic rings. The third kappa shape index (κ3) is 3.97. The molecule has 0 spiro atoms. The molecule has 0 N–H and O–H groups in total. The monoisotopic (exact) mass is 332 g/mol. The van der Waals surface area contributed by atoms with Gasteiger partial charge in [-0.05, 0) is 50.9 Å². The molecule has 3 nitrogen and oxygen atoms in total. The number of nitrogens with zero attached hydrogens (tertiary/aromatic N) is 2. The third-order valence-electron chi connectivity index (χ3n) is 5.50. The first-order valence-corrected chi connectivity index (χ1v) is 9.48. The summed E-state index contributed by atoms with van der Waals surface area (Å²) in [6.45, 7) is 1.70. The van der Waals surface area contributed by atoms with Gasteiger partial charge in [0, 0.05) is 11.7 Å². The molecular formula is C20H29FN2O. The van der Waals surface area contributed by atoms with Crippen molar-refractivity contribution in [3.63, 3.8) is 0 Å². The van der Waals surface area contributed by atoms with Crippen LogP contribution in [0.5, 0.6) is 0 Å². The van der Waals surface area contributed by atoms with Crippen molar-refractivity contribution in [1.82, 2.24) is 4.90 Å². The van der Waals surface area contributed by atoms with Gasteiger partial charge in [0.2, 0.25) is 5.91 Å². The Morgan fingerprint density at radius 3 is 2.46 bits per heavy atom. The van der Waals surface area contributed by atoms with Crippen LogP contribution in [0, 0.1) is 0 Å². The summed E-state index contributed by atoms with van der Waals surface area (Å²) in [7, 11) is 0. The van der Waals surface area contributed by atoms with Crippen LogP contribution in [0.1, 0.15) is 51.4 Å². The predicted octanol–water partition coefficient (Wildman–Crippen LogP) is 4.18. The van der Waals surface area contributed by atoms with Crippen molar-refractivity contribution in [1.29, 1.82) is 0 Å². The van der Waals surface area contributed by atoms with E-state index in [0.717, 1.165) is 38.0 Å². The maximum atomic E-state index is 12.9. The fourth-order valence-electron chi connectivity index (χ4n) is 4.38. The van der Waals surface area contributed by atoms with Gasteiger partial charge in [-0.3, -0.25) is 14.1 Å². The highest BCUT2D eigenvalue weighted by atomic mass is 19.1. The van der Waals surface area contributed by atoms with Gasteiger partial charge >= 0.3 is 0 Å². The highest BCUT2D eigenvalue weighted by Crippen LogP contribution is 2.32. The number of halogens is 1. The Kier molecular flexibility index (Phi) is 6.24. The highest BCUT2D eigenvalue weighted by Gasteiger charge is 2.36.